The van der Waals surface area contributed by atoms with Crippen LogP contribution in [0.15, 0.2) is 54.6 Å². The van der Waals surface area contributed by atoms with Gasteiger partial charge >= 0.3 is 0 Å². The molecule has 0 bridgehead atoms. The van der Waals surface area contributed by atoms with Gasteiger partial charge in [-0.1, -0.05) is 30.3 Å². The SMILES string of the molecule is CNc1cccc(C)c1.Nc1ccccc1. The van der Waals surface area contributed by atoms with Crippen LogP contribution in [0.25, 0.3) is 0 Å². The first-order chi connectivity index (χ1) is 7.72. The Labute approximate surface area is 97.1 Å². The Kier molecular flexibility index (Phi) is 4.93. The highest BCUT2D eigenvalue weighted by atomic mass is 14.8. The quantitative estimate of drug-likeness (QED) is 0.715. The highest BCUT2D eigenvalue weighted by Gasteiger charge is 1.84. The fraction of sp³-hybridized carbons (Fsp3) is 0.143. The smallest absolute Gasteiger partial charge is 0.0340 e. The van der Waals surface area contributed by atoms with Crippen LogP contribution in [0.3, 0.4) is 0 Å². The third-order valence-corrected chi connectivity index (χ3v) is 2.11. The van der Waals surface area contributed by atoms with E-state index in [0.717, 1.165) is 5.69 Å². The van der Waals surface area contributed by atoms with Crippen LogP contribution in [-0.2, 0) is 0 Å². The standard InChI is InChI=1S/C8H11N.C6H7N/c1-7-4-3-5-8(6-7)9-2;7-6-4-2-1-3-5-6/h3-6,9H,1-2H3;1-5H,7H2. The van der Waals surface area contributed by atoms with Crippen LogP contribution < -0.4 is 11.1 Å². The lowest BCUT2D eigenvalue weighted by molar-refractivity contribution is 1.43. The van der Waals surface area contributed by atoms with Crippen molar-refractivity contribution in [3.63, 3.8) is 0 Å². The van der Waals surface area contributed by atoms with Crippen molar-refractivity contribution in [2.24, 2.45) is 0 Å². The molecule has 3 N–H and O–H groups in total. The van der Waals surface area contributed by atoms with Crippen LogP contribution in [0.5, 0.6) is 0 Å². The molecule has 0 radical (unpaired) electrons. The molecule has 0 aliphatic rings. The number of para-hydroxylation sites is 1. The lowest BCUT2D eigenvalue weighted by Crippen LogP contribution is -1.86. The molecular weight excluding hydrogens is 196 g/mol. The van der Waals surface area contributed by atoms with E-state index in [0.29, 0.717) is 0 Å². The van der Waals surface area contributed by atoms with Crippen LogP contribution in [-0.4, -0.2) is 7.05 Å². The summed E-state index contributed by atoms with van der Waals surface area (Å²) in [6.07, 6.45) is 0. The highest BCUT2D eigenvalue weighted by molar-refractivity contribution is 5.44. The molecule has 0 heterocycles. The predicted octanol–water partition coefficient (Wildman–Crippen LogP) is 3.31. The molecule has 0 aliphatic carbocycles. The third-order valence-electron chi connectivity index (χ3n) is 2.11. The van der Waals surface area contributed by atoms with Crippen molar-refractivity contribution in [1.29, 1.82) is 0 Å². The van der Waals surface area contributed by atoms with Crippen LogP contribution in [0.2, 0.25) is 0 Å². The van der Waals surface area contributed by atoms with Crippen molar-refractivity contribution < 1.29 is 0 Å². The molecule has 2 aromatic carbocycles. The Balaban J connectivity index is 0.000000165. The van der Waals surface area contributed by atoms with Gasteiger partial charge in [0, 0.05) is 18.4 Å². The van der Waals surface area contributed by atoms with Gasteiger partial charge in [0.1, 0.15) is 0 Å². The van der Waals surface area contributed by atoms with E-state index in [9.17, 15) is 0 Å². The Morgan fingerprint density at radius 1 is 0.938 bits per heavy atom. The number of hydrogen-bond acceptors (Lipinski definition) is 2. The molecule has 2 rings (SSSR count). The monoisotopic (exact) mass is 214 g/mol. The number of hydrogen-bond donors (Lipinski definition) is 2. The van der Waals surface area contributed by atoms with Gasteiger partial charge in [-0.15, -0.1) is 0 Å². The second-order valence-corrected chi connectivity index (χ2v) is 3.53. The van der Waals surface area contributed by atoms with Gasteiger partial charge in [0.05, 0.1) is 0 Å². The number of aryl methyl sites for hydroxylation is 1. The summed E-state index contributed by atoms with van der Waals surface area (Å²) in [5.41, 5.74) is 8.65. The van der Waals surface area contributed by atoms with E-state index in [1.54, 1.807) is 0 Å². The summed E-state index contributed by atoms with van der Waals surface area (Å²) < 4.78 is 0. The molecule has 16 heavy (non-hydrogen) atoms. The zero-order valence-corrected chi connectivity index (χ0v) is 9.77. The van der Waals surface area contributed by atoms with Crippen LogP contribution in [0.1, 0.15) is 5.56 Å². The Hall–Kier alpha value is -1.96. The summed E-state index contributed by atoms with van der Waals surface area (Å²) in [7, 11) is 1.93. The average Bonchev–Trinajstić information content (AvgIpc) is 2.31. The third kappa shape index (κ3) is 4.51. The molecule has 0 aromatic heterocycles. The van der Waals surface area contributed by atoms with Gasteiger partial charge in [-0.3, -0.25) is 0 Å². The molecule has 0 aliphatic heterocycles. The molecule has 2 nitrogen and oxygen atoms in total. The summed E-state index contributed by atoms with van der Waals surface area (Å²) in [6, 6.07) is 17.8. The van der Waals surface area contributed by atoms with Gasteiger partial charge in [-0.05, 0) is 36.8 Å². The van der Waals surface area contributed by atoms with E-state index in [2.05, 4.69) is 24.4 Å². The number of nitrogens with two attached hydrogens (primary N) is 1. The summed E-state index contributed by atoms with van der Waals surface area (Å²) in [4.78, 5) is 0. The van der Waals surface area contributed by atoms with Gasteiger partial charge < -0.3 is 11.1 Å². The molecule has 0 unspecified atom stereocenters. The van der Waals surface area contributed by atoms with Crippen molar-refractivity contribution >= 4 is 11.4 Å². The normalized spacial score (nSPS) is 8.88. The molecule has 2 aromatic rings. The maximum absolute atomic E-state index is 5.36. The first-order valence-corrected chi connectivity index (χ1v) is 5.27. The number of rotatable bonds is 1. The maximum atomic E-state index is 5.36. The lowest BCUT2D eigenvalue weighted by Gasteiger charge is -1.98. The largest absolute Gasteiger partial charge is 0.399 e. The predicted molar refractivity (Wildman–Crippen MR) is 71.6 cm³/mol. The Bertz CT molecular complexity index is 410. The summed E-state index contributed by atoms with van der Waals surface area (Å²) >= 11 is 0. The zero-order valence-electron chi connectivity index (χ0n) is 9.77. The summed E-state index contributed by atoms with van der Waals surface area (Å²) in [6.45, 7) is 2.08. The molecule has 0 saturated carbocycles. The minimum Gasteiger partial charge on any atom is -0.399 e. The van der Waals surface area contributed by atoms with Crippen molar-refractivity contribution in [3.8, 4) is 0 Å². The summed E-state index contributed by atoms with van der Waals surface area (Å²) in [5, 5.41) is 3.07. The number of nitrogens with one attached hydrogen (secondary N) is 1. The van der Waals surface area contributed by atoms with E-state index >= 15 is 0 Å². The fourth-order valence-electron chi connectivity index (χ4n) is 1.25. The van der Waals surface area contributed by atoms with E-state index in [1.807, 2.05) is 49.5 Å². The van der Waals surface area contributed by atoms with Crippen molar-refractivity contribution in [2.45, 2.75) is 6.92 Å². The van der Waals surface area contributed by atoms with Crippen molar-refractivity contribution in [2.75, 3.05) is 18.1 Å². The van der Waals surface area contributed by atoms with Gasteiger partial charge in [0.25, 0.3) is 0 Å². The van der Waals surface area contributed by atoms with Crippen molar-refractivity contribution in [1.82, 2.24) is 0 Å². The van der Waals surface area contributed by atoms with Gasteiger partial charge in [-0.25, -0.2) is 0 Å². The Morgan fingerprint density at radius 3 is 2.00 bits per heavy atom. The van der Waals surface area contributed by atoms with Gasteiger partial charge in [-0.2, -0.15) is 0 Å². The topological polar surface area (TPSA) is 38.0 Å². The molecular formula is C14H18N2. The van der Waals surface area contributed by atoms with Crippen LogP contribution in [0.4, 0.5) is 11.4 Å². The molecule has 0 amide bonds. The summed E-state index contributed by atoms with van der Waals surface area (Å²) in [5.74, 6) is 0. The minimum atomic E-state index is 0.822. The maximum Gasteiger partial charge on any atom is 0.0340 e. The first-order valence-electron chi connectivity index (χ1n) is 5.27. The molecule has 0 fully saturated rings. The van der Waals surface area contributed by atoms with Crippen LogP contribution in [0, 0.1) is 6.92 Å². The van der Waals surface area contributed by atoms with Gasteiger partial charge in [0.2, 0.25) is 0 Å². The molecule has 0 atom stereocenters. The van der Waals surface area contributed by atoms with E-state index < -0.39 is 0 Å². The number of nitrogen functional groups attached to an aromatic ring is 1. The first kappa shape index (κ1) is 12.1. The fourth-order valence-corrected chi connectivity index (χ4v) is 1.25. The zero-order chi connectivity index (χ0) is 11.8. The number of benzene rings is 2. The molecule has 0 spiro atoms. The van der Waals surface area contributed by atoms with Crippen LogP contribution >= 0.6 is 0 Å². The lowest BCUT2D eigenvalue weighted by atomic mass is 10.2. The highest BCUT2D eigenvalue weighted by Crippen LogP contribution is 2.07. The van der Waals surface area contributed by atoms with E-state index in [-0.39, 0.29) is 0 Å². The molecule has 84 valence electrons. The number of anilines is 2. The Morgan fingerprint density at radius 2 is 1.62 bits per heavy atom. The minimum absolute atomic E-state index is 0.822. The average molecular weight is 214 g/mol. The molecule has 0 saturated heterocycles. The second kappa shape index (κ2) is 6.51. The van der Waals surface area contributed by atoms with E-state index in [4.69, 9.17) is 5.73 Å². The second-order valence-electron chi connectivity index (χ2n) is 3.53. The van der Waals surface area contributed by atoms with Gasteiger partial charge in [0.15, 0.2) is 0 Å². The van der Waals surface area contributed by atoms with E-state index in [1.165, 1.54) is 11.3 Å². The van der Waals surface area contributed by atoms with Crippen molar-refractivity contribution in [3.05, 3.63) is 60.2 Å². The molecule has 2 heteroatoms.